The van der Waals surface area contributed by atoms with Crippen LogP contribution in [0.4, 0.5) is 0 Å². The molecule has 0 fully saturated rings. The van der Waals surface area contributed by atoms with Crippen LogP contribution in [-0.4, -0.2) is 33.6 Å². The fraction of sp³-hybridized carbons (Fsp3) is 0.231. The summed E-state index contributed by atoms with van der Waals surface area (Å²) in [7, 11) is 1.59. The van der Waals surface area contributed by atoms with Gasteiger partial charge in [-0.05, 0) is 17.7 Å². The standard InChI is InChI=1S/C13H12N4O3S/c1-20-9-4-2-8(3-5-9)6-10-12(19)17-13(15-14-10)21-7-11(18)16-17/h2-5H,6-7H2,1H3,(H,16,18). The predicted molar refractivity (Wildman–Crippen MR) is 77.2 cm³/mol. The molecule has 0 saturated carbocycles. The van der Waals surface area contributed by atoms with E-state index in [0.717, 1.165) is 16.0 Å². The lowest BCUT2D eigenvalue weighted by Crippen LogP contribution is -2.41. The number of benzene rings is 1. The van der Waals surface area contributed by atoms with Gasteiger partial charge in [-0.1, -0.05) is 23.9 Å². The summed E-state index contributed by atoms with van der Waals surface area (Å²) >= 11 is 1.19. The van der Waals surface area contributed by atoms with Crippen LogP contribution in [0.25, 0.3) is 0 Å². The summed E-state index contributed by atoms with van der Waals surface area (Å²) in [6.45, 7) is 0. The van der Waals surface area contributed by atoms with Crippen LogP contribution in [0.2, 0.25) is 0 Å². The molecular formula is C13H12N4O3S. The minimum absolute atomic E-state index is 0.224. The first-order valence-electron chi connectivity index (χ1n) is 6.21. The van der Waals surface area contributed by atoms with Crippen molar-refractivity contribution in [2.45, 2.75) is 11.6 Å². The second-order valence-electron chi connectivity index (χ2n) is 4.42. The zero-order chi connectivity index (χ0) is 14.8. The highest BCUT2D eigenvalue weighted by atomic mass is 32.2. The smallest absolute Gasteiger partial charge is 0.295 e. The van der Waals surface area contributed by atoms with Gasteiger partial charge in [0, 0.05) is 6.42 Å². The third-order valence-corrected chi connectivity index (χ3v) is 3.93. The number of amides is 1. The van der Waals surface area contributed by atoms with Crippen molar-refractivity contribution in [3.8, 4) is 5.75 Å². The molecule has 0 bridgehead atoms. The Hall–Kier alpha value is -2.35. The SMILES string of the molecule is COc1ccc(Cc2nnc3n(c2=O)NC(=O)CS3)cc1. The molecule has 0 aliphatic carbocycles. The first-order chi connectivity index (χ1) is 10.2. The van der Waals surface area contributed by atoms with Crippen LogP contribution >= 0.6 is 11.8 Å². The maximum absolute atomic E-state index is 12.3. The average Bonchev–Trinajstić information content (AvgIpc) is 2.51. The average molecular weight is 304 g/mol. The molecule has 108 valence electrons. The number of nitrogens with one attached hydrogen (secondary N) is 1. The number of hydrogen-bond donors (Lipinski definition) is 1. The van der Waals surface area contributed by atoms with E-state index in [4.69, 9.17) is 4.74 Å². The van der Waals surface area contributed by atoms with E-state index in [0.29, 0.717) is 11.6 Å². The second-order valence-corrected chi connectivity index (χ2v) is 5.36. The molecule has 1 aliphatic rings. The first-order valence-corrected chi connectivity index (χ1v) is 7.20. The van der Waals surface area contributed by atoms with E-state index in [1.54, 1.807) is 7.11 Å². The monoisotopic (exact) mass is 304 g/mol. The van der Waals surface area contributed by atoms with E-state index in [2.05, 4.69) is 15.6 Å². The fourth-order valence-electron chi connectivity index (χ4n) is 1.93. The Morgan fingerprint density at radius 2 is 2.05 bits per heavy atom. The number of carbonyl (C=O) groups is 1. The summed E-state index contributed by atoms with van der Waals surface area (Å²) in [6, 6.07) is 7.35. The summed E-state index contributed by atoms with van der Waals surface area (Å²) in [6.07, 6.45) is 0.344. The van der Waals surface area contributed by atoms with Gasteiger partial charge in [-0.3, -0.25) is 15.0 Å². The Morgan fingerprint density at radius 1 is 1.29 bits per heavy atom. The molecule has 0 unspecified atom stereocenters. The number of fused-ring (bicyclic) bond motifs is 1. The maximum atomic E-state index is 12.3. The van der Waals surface area contributed by atoms with Crippen molar-refractivity contribution in [2.24, 2.45) is 0 Å². The van der Waals surface area contributed by atoms with Crippen molar-refractivity contribution in [3.05, 3.63) is 45.9 Å². The number of rotatable bonds is 3. The molecular weight excluding hydrogens is 292 g/mol. The Bertz CT molecular complexity index is 742. The van der Waals surface area contributed by atoms with Gasteiger partial charge in [0.2, 0.25) is 11.1 Å². The van der Waals surface area contributed by atoms with E-state index in [1.807, 2.05) is 24.3 Å². The highest BCUT2D eigenvalue weighted by molar-refractivity contribution is 7.99. The van der Waals surface area contributed by atoms with Crippen LogP contribution in [0.1, 0.15) is 11.3 Å². The van der Waals surface area contributed by atoms with Crippen molar-refractivity contribution >= 4 is 17.7 Å². The fourth-order valence-corrected chi connectivity index (χ4v) is 2.61. The molecule has 21 heavy (non-hydrogen) atoms. The quantitative estimate of drug-likeness (QED) is 0.884. The molecule has 0 atom stereocenters. The van der Waals surface area contributed by atoms with Gasteiger partial charge in [-0.15, -0.1) is 10.2 Å². The van der Waals surface area contributed by atoms with Crippen molar-refractivity contribution < 1.29 is 9.53 Å². The Labute approximate surface area is 124 Å². The van der Waals surface area contributed by atoms with E-state index in [1.165, 1.54) is 11.8 Å². The molecule has 1 aliphatic heterocycles. The molecule has 2 heterocycles. The Morgan fingerprint density at radius 3 is 2.76 bits per heavy atom. The van der Waals surface area contributed by atoms with Crippen LogP contribution in [0.3, 0.4) is 0 Å². The minimum Gasteiger partial charge on any atom is -0.497 e. The van der Waals surface area contributed by atoms with Gasteiger partial charge in [0.1, 0.15) is 11.4 Å². The number of aromatic nitrogens is 3. The summed E-state index contributed by atoms with van der Waals surface area (Å²) in [5, 5.41) is 8.35. The summed E-state index contributed by atoms with van der Waals surface area (Å²) in [5.74, 6) is 0.764. The lowest BCUT2D eigenvalue weighted by atomic mass is 10.1. The van der Waals surface area contributed by atoms with E-state index in [9.17, 15) is 9.59 Å². The van der Waals surface area contributed by atoms with Gasteiger partial charge in [-0.25, -0.2) is 0 Å². The molecule has 1 aromatic heterocycles. The number of carbonyl (C=O) groups excluding carboxylic acids is 1. The molecule has 1 N–H and O–H groups in total. The van der Waals surface area contributed by atoms with Gasteiger partial charge in [0.25, 0.3) is 5.56 Å². The highest BCUT2D eigenvalue weighted by Gasteiger charge is 2.20. The van der Waals surface area contributed by atoms with Crippen LogP contribution in [0.15, 0.2) is 34.2 Å². The molecule has 0 radical (unpaired) electrons. The van der Waals surface area contributed by atoms with Crippen molar-refractivity contribution in [3.63, 3.8) is 0 Å². The summed E-state index contributed by atoms with van der Waals surface area (Å²) in [4.78, 5) is 23.7. The molecule has 0 saturated heterocycles. The highest BCUT2D eigenvalue weighted by Crippen LogP contribution is 2.16. The van der Waals surface area contributed by atoms with Crippen LogP contribution < -0.4 is 15.7 Å². The maximum Gasteiger partial charge on any atom is 0.295 e. The first kappa shape index (κ1) is 13.6. The second kappa shape index (κ2) is 5.57. The molecule has 3 rings (SSSR count). The normalized spacial score (nSPS) is 13.5. The van der Waals surface area contributed by atoms with Gasteiger partial charge in [-0.2, -0.15) is 4.68 Å². The number of thioether (sulfide) groups is 1. The largest absolute Gasteiger partial charge is 0.497 e. The van der Waals surface area contributed by atoms with Crippen molar-refractivity contribution in [2.75, 3.05) is 18.3 Å². The molecule has 1 amide bonds. The van der Waals surface area contributed by atoms with Crippen LogP contribution in [0, 0.1) is 0 Å². The Balaban J connectivity index is 1.90. The molecule has 8 heteroatoms. The van der Waals surface area contributed by atoms with E-state index in [-0.39, 0.29) is 22.9 Å². The lowest BCUT2D eigenvalue weighted by Gasteiger charge is -2.16. The van der Waals surface area contributed by atoms with Crippen molar-refractivity contribution in [1.29, 1.82) is 0 Å². The number of hydrogen-bond acceptors (Lipinski definition) is 6. The molecule has 1 aromatic carbocycles. The van der Waals surface area contributed by atoms with Crippen LogP contribution in [0.5, 0.6) is 5.75 Å². The summed E-state index contributed by atoms with van der Waals surface area (Å²) in [5.41, 5.74) is 3.34. The number of ether oxygens (including phenoxy) is 1. The summed E-state index contributed by atoms with van der Waals surface area (Å²) < 4.78 is 6.24. The van der Waals surface area contributed by atoms with Crippen LogP contribution in [-0.2, 0) is 11.2 Å². The van der Waals surface area contributed by atoms with E-state index >= 15 is 0 Å². The third-order valence-electron chi connectivity index (χ3n) is 3.00. The lowest BCUT2D eigenvalue weighted by molar-refractivity contribution is -0.115. The number of methoxy groups -OCH3 is 1. The molecule has 2 aromatic rings. The topological polar surface area (TPSA) is 86.1 Å². The minimum atomic E-state index is -0.351. The Kier molecular flexibility index (Phi) is 3.61. The van der Waals surface area contributed by atoms with Crippen molar-refractivity contribution in [1.82, 2.24) is 14.9 Å². The molecule has 7 nitrogen and oxygen atoms in total. The predicted octanol–water partition coefficient (Wildman–Crippen LogP) is 0.413. The van der Waals surface area contributed by atoms with Gasteiger partial charge in [0.05, 0.1) is 12.9 Å². The van der Waals surface area contributed by atoms with E-state index < -0.39 is 0 Å². The van der Waals surface area contributed by atoms with Gasteiger partial charge < -0.3 is 4.74 Å². The number of nitrogens with zero attached hydrogens (tertiary/aromatic N) is 3. The zero-order valence-corrected chi connectivity index (χ0v) is 12.0. The van der Waals surface area contributed by atoms with Gasteiger partial charge >= 0.3 is 0 Å². The zero-order valence-electron chi connectivity index (χ0n) is 11.2. The third kappa shape index (κ3) is 2.75. The molecule has 0 spiro atoms. The van der Waals surface area contributed by atoms with Gasteiger partial charge in [0.15, 0.2) is 0 Å².